The molecular formula is C23H47BO. The molecule has 0 aliphatic rings. The second-order valence-electron chi connectivity index (χ2n) is 10.1. The summed E-state index contributed by atoms with van der Waals surface area (Å²) in [6, 6.07) is 0. The second-order valence-corrected chi connectivity index (χ2v) is 10.1. The van der Waals surface area contributed by atoms with E-state index in [4.69, 9.17) is 0 Å². The molecule has 0 aliphatic carbocycles. The molecule has 25 heavy (non-hydrogen) atoms. The molecule has 2 heteroatoms. The summed E-state index contributed by atoms with van der Waals surface area (Å²) in [6.07, 6.45) is 16.2. The first-order valence-corrected chi connectivity index (χ1v) is 11.2. The van der Waals surface area contributed by atoms with Crippen molar-refractivity contribution in [2.75, 3.05) is 0 Å². The lowest BCUT2D eigenvalue weighted by molar-refractivity contribution is -0.126. The maximum atomic E-state index is 13.3. The normalized spacial score (nSPS) is 14.7. The molecule has 0 aromatic carbocycles. The van der Waals surface area contributed by atoms with Crippen molar-refractivity contribution in [2.24, 2.45) is 11.3 Å². The predicted molar refractivity (Wildman–Crippen MR) is 116 cm³/mol. The van der Waals surface area contributed by atoms with Crippen molar-refractivity contribution >= 4 is 13.6 Å². The fourth-order valence-corrected chi connectivity index (χ4v) is 4.36. The van der Waals surface area contributed by atoms with Crippen LogP contribution < -0.4 is 0 Å². The number of hydrogen-bond acceptors (Lipinski definition) is 1. The molecule has 0 saturated carbocycles. The van der Waals surface area contributed by atoms with Gasteiger partial charge in [0, 0.05) is 5.92 Å². The molecule has 148 valence electrons. The van der Waals surface area contributed by atoms with Gasteiger partial charge in [0.2, 0.25) is 0 Å². The molecule has 0 rings (SSSR count). The van der Waals surface area contributed by atoms with Crippen molar-refractivity contribution < 1.29 is 4.79 Å². The number of ketones is 1. The summed E-state index contributed by atoms with van der Waals surface area (Å²) in [5.74, 6) is 0.828. The molecule has 0 fully saturated rings. The summed E-state index contributed by atoms with van der Waals surface area (Å²) in [5.41, 5.74) is 0.214. The van der Waals surface area contributed by atoms with Gasteiger partial charge in [-0.25, -0.2) is 0 Å². The number of hydrogen-bond donors (Lipinski definition) is 0. The Morgan fingerprint density at radius 2 is 1.16 bits per heavy atom. The molecule has 0 amide bonds. The van der Waals surface area contributed by atoms with Gasteiger partial charge in [-0.15, -0.1) is 0 Å². The first-order chi connectivity index (χ1) is 11.6. The van der Waals surface area contributed by atoms with Crippen molar-refractivity contribution in [2.45, 2.75) is 130 Å². The third-order valence-corrected chi connectivity index (χ3v) is 5.32. The number of carbonyl (C=O) groups excluding carboxylic acids is 1. The maximum Gasteiger partial charge on any atom is 0.133 e. The Bertz CT molecular complexity index is 326. The molecule has 0 aromatic heterocycles. The minimum Gasteiger partial charge on any atom is -0.300 e. The molecule has 1 atom stereocenters. The van der Waals surface area contributed by atoms with E-state index in [2.05, 4.69) is 49.4 Å². The Morgan fingerprint density at radius 3 is 1.52 bits per heavy atom. The Hall–Kier alpha value is -0.265. The molecule has 0 aliphatic heterocycles. The standard InChI is InChI=1S/C23H47BO/c1-7-9-11-13-15-17-20(18-16-14-12-10-8-2)21(25)23(6,24)19-22(3,4)5/h20H,7-19,24H2,1-6H3. The zero-order valence-corrected chi connectivity index (χ0v) is 18.7. The van der Waals surface area contributed by atoms with E-state index >= 15 is 0 Å². The lowest BCUT2D eigenvalue weighted by Crippen LogP contribution is -2.32. The highest BCUT2D eigenvalue weighted by molar-refractivity contribution is 6.28. The number of carbonyl (C=O) groups is 1. The summed E-state index contributed by atoms with van der Waals surface area (Å²) in [6.45, 7) is 13.5. The van der Waals surface area contributed by atoms with Gasteiger partial charge in [-0.3, -0.25) is 4.79 Å². The molecule has 0 heterocycles. The maximum absolute atomic E-state index is 13.3. The largest absolute Gasteiger partial charge is 0.300 e. The highest BCUT2D eigenvalue weighted by Gasteiger charge is 2.35. The van der Waals surface area contributed by atoms with E-state index in [1.807, 2.05) is 0 Å². The van der Waals surface area contributed by atoms with E-state index in [0.717, 1.165) is 19.3 Å². The van der Waals surface area contributed by atoms with E-state index < -0.39 is 0 Å². The van der Waals surface area contributed by atoms with Crippen LogP contribution in [0.25, 0.3) is 0 Å². The van der Waals surface area contributed by atoms with Crippen molar-refractivity contribution in [3.63, 3.8) is 0 Å². The minimum atomic E-state index is -0.185. The summed E-state index contributed by atoms with van der Waals surface area (Å²) in [4.78, 5) is 13.3. The van der Waals surface area contributed by atoms with Crippen LogP contribution in [0.1, 0.15) is 125 Å². The fraction of sp³-hybridized carbons (Fsp3) is 0.957. The van der Waals surface area contributed by atoms with Gasteiger partial charge in [-0.1, -0.05) is 106 Å². The van der Waals surface area contributed by atoms with E-state index in [-0.39, 0.29) is 10.7 Å². The monoisotopic (exact) mass is 350 g/mol. The predicted octanol–water partition coefficient (Wildman–Crippen LogP) is 7.14. The van der Waals surface area contributed by atoms with Crippen LogP contribution in [0.4, 0.5) is 0 Å². The van der Waals surface area contributed by atoms with Crippen molar-refractivity contribution in [1.29, 1.82) is 0 Å². The van der Waals surface area contributed by atoms with Gasteiger partial charge in [-0.05, 0) is 30.0 Å². The molecule has 0 radical (unpaired) electrons. The van der Waals surface area contributed by atoms with Crippen molar-refractivity contribution in [1.82, 2.24) is 0 Å². The molecule has 0 N–H and O–H groups in total. The molecule has 1 unspecified atom stereocenters. The van der Waals surface area contributed by atoms with Crippen LogP contribution in [-0.4, -0.2) is 13.6 Å². The number of Topliss-reactive ketones (excluding diaryl/α,β-unsaturated/α-hetero) is 1. The van der Waals surface area contributed by atoms with Crippen LogP contribution in [0.2, 0.25) is 5.31 Å². The second kappa shape index (κ2) is 13.0. The Kier molecular flexibility index (Phi) is 12.8. The van der Waals surface area contributed by atoms with Crippen LogP contribution in [0.15, 0.2) is 0 Å². The molecule has 1 nitrogen and oxygen atoms in total. The highest BCUT2D eigenvalue weighted by atomic mass is 16.1. The van der Waals surface area contributed by atoms with Crippen molar-refractivity contribution in [3.05, 3.63) is 0 Å². The lowest BCUT2D eigenvalue weighted by atomic mass is 9.57. The van der Waals surface area contributed by atoms with Gasteiger partial charge in [0.15, 0.2) is 0 Å². The van der Waals surface area contributed by atoms with Crippen molar-refractivity contribution in [3.8, 4) is 0 Å². The minimum absolute atomic E-state index is 0.185. The number of rotatable bonds is 15. The van der Waals surface area contributed by atoms with E-state index in [1.165, 1.54) is 64.2 Å². The Balaban J connectivity index is 4.63. The van der Waals surface area contributed by atoms with Gasteiger partial charge in [0.25, 0.3) is 0 Å². The summed E-state index contributed by atoms with van der Waals surface area (Å²) >= 11 is 0. The zero-order valence-electron chi connectivity index (χ0n) is 18.7. The third-order valence-electron chi connectivity index (χ3n) is 5.32. The zero-order chi connectivity index (χ0) is 19.3. The summed E-state index contributed by atoms with van der Waals surface area (Å²) < 4.78 is 0. The summed E-state index contributed by atoms with van der Waals surface area (Å²) in [5, 5.41) is -0.185. The van der Waals surface area contributed by atoms with Gasteiger partial charge < -0.3 is 0 Å². The first kappa shape index (κ1) is 24.7. The van der Waals surface area contributed by atoms with Crippen LogP contribution in [0, 0.1) is 11.3 Å². The highest BCUT2D eigenvalue weighted by Crippen LogP contribution is 2.41. The molecular weight excluding hydrogens is 303 g/mol. The van der Waals surface area contributed by atoms with Crippen LogP contribution >= 0.6 is 0 Å². The molecule has 0 saturated heterocycles. The average molecular weight is 350 g/mol. The van der Waals surface area contributed by atoms with Gasteiger partial charge in [-0.2, -0.15) is 0 Å². The third kappa shape index (κ3) is 12.7. The molecule has 0 aromatic rings. The molecule has 0 spiro atoms. The Morgan fingerprint density at radius 1 is 0.760 bits per heavy atom. The number of unbranched alkanes of at least 4 members (excludes halogenated alkanes) is 8. The smallest absolute Gasteiger partial charge is 0.133 e. The van der Waals surface area contributed by atoms with Gasteiger partial charge >= 0.3 is 0 Å². The van der Waals surface area contributed by atoms with E-state index in [9.17, 15) is 4.79 Å². The molecule has 0 bridgehead atoms. The summed E-state index contributed by atoms with van der Waals surface area (Å²) in [7, 11) is 2.18. The van der Waals surface area contributed by atoms with Gasteiger partial charge in [0.1, 0.15) is 13.6 Å². The topological polar surface area (TPSA) is 17.1 Å². The quantitative estimate of drug-likeness (QED) is 0.226. The van der Waals surface area contributed by atoms with Crippen LogP contribution in [0.5, 0.6) is 0 Å². The van der Waals surface area contributed by atoms with Crippen LogP contribution in [0.3, 0.4) is 0 Å². The lowest BCUT2D eigenvalue weighted by Gasteiger charge is -2.34. The van der Waals surface area contributed by atoms with E-state index in [0.29, 0.717) is 11.7 Å². The van der Waals surface area contributed by atoms with Crippen LogP contribution in [-0.2, 0) is 4.79 Å². The SMILES string of the molecule is BC(C)(CC(C)(C)C)C(=O)C(CCCCCCC)CCCCCCC. The van der Waals surface area contributed by atoms with Gasteiger partial charge in [0.05, 0.1) is 0 Å². The Labute approximate surface area is 160 Å². The first-order valence-electron chi connectivity index (χ1n) is 11.2. The average Bonchev–Trinajstić information content (AvgIpc) is 2.49. The fourth-order valence-electron chi connectivity index (χ4n) is 4.36. The van der Waals surface area contributed by atoms with E-state index in [1.54, 1.807) is 0 Å².